The molecule has 0 saturated carbocycles. The van der Waals surface area contributed by atoms with Gasteiger partial charge in [0.15, 0.2) is 0 Å². The highest BCUT2D eigenvalue weighted by molar-refractivity contribution is 5.94. The van der Waals surface area contributed by atoms with Crippen LogP contribution < -0.4 is 4.90 Å². The summed E-state index contributed by atoms with van der Waals surface area (Å²) in [5.74, 6) is -0.239. The van der Waals surface area contributed by atoms with Crippen molar-refractivity contribution in [2.75, 3.05) is 37.6 Å². The molecule has 1 aromatic heterocycles. The molecule has 0 aliphatic carbocycles. The van der Waals surface area contributed by atoms with Crippen LogP contribution in [-0.4, -0.2) is 53.7 Å². The smallest absolute Gasteiger partial charge is 0.339 e. The highest BCUT2D eigenvalue weighted by Crippen LogP contribution is 2.22. The van der Waals surface area contributed by atoms with Crippen molar-refractivity contribution in [2.24, 2.45) is 5.92 Å². The second-order valence-corrected chi connectivity index (χ2v) is 5.83. The molecule has 5 nitrogen and oxygen atoms in total. The lowest BCUT2D eigenvalue weighted by Crippen LogP contribution is -2.47. The molecule has 0 bridgehead atoms. The first-order valence-electron chi connectivity index (χ1n) is 7.14. The van der Waals surface area contributed by atoms with Crippen LogP contribution in [0.3, 0.4) is 0 Å². The van der Waals surface area contributed by atoms with E-state index in [1.807, 2.05) is 13.0 Å². The second kappa shape index (κ2) is 6.22. The molecule has 0 amide bonds. The number of aromatic carboxylic acids is 1. The van der Waals surface area contributed by atoms with Gasteiger partial charge in [0.2, 0.25) is 0 Å². The van der Waals surface area contributed by atoms with Crippen LogP contribution in [0.25, 0.3) is 0 Å². The fourth-order valence-electron chi connectivity index (χ4n) is 2.66. The van der Waals surface area contributed by atoms with E-state index in [9.17, 15) is 9.90 Å². The topological polar surface area (TPSA) is 56.7 Å². The maximum absolute atomic E-state index is 11.3. The molecule has 0 radical (unpaired) electrons. The molecule has 1 fully saturated rings. The van der Waals surface area contributed by atoms with Crippen molar-refractivity contribution in [3.63, 3.8) is 0 Å². The minimum Gasteiger partial charge on any atom is -0.478 e. The van der Waals surface area contributed by atoms with Crippen LogP contribution in [0.5, 0.6) is 0 Å². The zero-order valence-electron chi connectivity index (χ0n) is 12.5. The molecule has 1 aliphatic rings. The summed E-state index contributed by atoms with van der Waals surface area (Å²) in [7, 11) is 0. The maximum atomic E-state index is 11.3. The number of nitrogens with zero attached hydrogens (tertiary/aromatic N) is 3. The lowest BCUT2D eigenvalue weighted by atomic mass is 10.1. The fraction of sp³-hybridized carbons (Fsp3) is 0.600. The first kappa shape index (κ1) is 14.8. The predicted octanol–water partition coefficient (Wildman–Crippen LogP) is 1.87. The van der Waals surface area contributed by atoms with Gasteiger partial charge in [-0.1, -0.05) is 13.8 Å². The molecular weight excluding hydrogens is 254 g/mol. The lowest BCUT2D eigenvalue weighted by Gasteiger charge is -2.37. The molecule has 1 saturated heterocycles. The van der Waals surface area contributed by atoms with Crippen LogP contribution in [0.4, 0.5) is 5.69 Å². The third-order valence-corrected chi connectivity index (χ3v) is 3.59. The Morgan fingerprint density at radius 2 is 2.00 bits per heavy atom. The standard InChI is InChI=1S/C15H23N3O2/c1-11(2)10-17-4-6-18(7-5-17)14-8-12(3)16-9-13(14)15(19)20/h8-9,11H,4-7,10H2,1-3H3,(H,19,20). The summed E-state index contributed by atoms with van der Waals surface area (Å²) in [5, 5.41) is 9.28. The SMILES string of the molecule is Cc1cc(N2CCN(CC(C)C)CC2)c(C(=O)O)cn1. The quantitative estimate of drug-likeness (QED) is 0.910. The third-order valence-electron chi connectivity index (χ3n) is 3.59. The molecule has 2 rings (SSSR count). The first-order chi connectivity index (χ1) is 9.47. The zero-order valence-corrected chi connectivity index (χ0v) is 12.5. The van der Waals surface area contributed by atoms with E-state index < -0.39 is 5.97 Å². The van der Waals surface area contributed by atoms with Crippen LogP contribution in [-0.2, 0) is 0 Å². The van der Waals surface area contributed by atoms with E-state index >= 15 is 0 Å². The summed E-state index contributed by atoms with van der Waals surface area (Å²) in [4.78, 5) is 20.0. The molecule has 110 valence electrons. The molecule has 0 atom stereocenters. The molecule has 1 aliphatic heterocycles. The number of aryl methyl sites for hydroxylation is 1. The number of aromatic nitrogens is 1. The van der Waals surface area contributed by atoms with Gasteiger partial charge in [-0.25, -0.2) is 4.79 Å². The van der Waals surface area contributed by atoms with Crippen LogP contribution in [0.1, 0.15) is 29.9 Å². The van der Waals surface area contributed by atoms with Crippen LogP contribution in [0, 0.1) is 12.8 Å². The van der Waals surface area contributed by atoms with Gasteiger partial charge >= 0.3 is 5.97 Å². The molecule has 5 heteroatoms. The van der Waals surface area contributed by atoms with Gasteiger partial charge in [-0.05, 0) is 18.9 Å². The molecule has 2 heterocycles. The van der Waals surface area contributed by atoms with E-state index in [0.29, 0.717) is 11.5 Å². The number of anilines is 1. The molecular formula is C15H23N3O2. The van der Waals surface area contributed by atoms with Gasteiger partial charge in [-0.2, -0.15) is 0 Å². The lowest BCUT2D eigenvalue weighted by molar-refractivity contribution is 0.0697. The van der Waals surface area contributed by atoms with Crippen molar-refractivity contribution < 1.29 is 9.90 Å². The Labute approximate surface area is 120 Å². The molecule has 1 aromatic rings. The molecule has 0 unspecified atom stereocenters. The van der Waals surface area contributed by atoms with E-state index in [4.69, 9.17) is 0 Å². The van der Waals surface area contributed by atoms with Crippen molar-refractivity contribution in [3.8, 4) is 0 Å². The van der Waals surface area contributed by atoms with E-state index in [1.54, 1.807) is 0 Å². The predicted molar refractivity (Wildman–Crippen MR) is 79.4 cm³/mol. The Morgan fingerprint density at radius 3 is 2.55 bits per heavy atom. The molecule has 0 aromatic carbocycles. The van der Waals surface area contributed by atoms with E-state index in [-0.39, 0.29) is 0 Å². The van der Waals surface area contributed by atoms with Crippen LogP contribution >= 0.6 is 0 Å². The zero-order chi connectivity index (χ0) is 14.7. The monoisotopic (exact) mass is 277 g/mol. The Kier molecular flexibility index (Phi) is 4.60. The number of hydrogen-bond acceptors (Lipinski definition) is 4. The first-order valence-corrected chi connectivity index (χ1v) is 7.14. The van der Waals surface area contributed by atoms with Gasteiger partial charge < -0.3 is 10.0 Å². The highest BCUT2D eigenvalue weighted by Gasteiger charge is 2.22. The summed E-state index contributed by atoms with van der Waals surface area (Å²) in [5.41, 5.74) is 1.96. The van der Waals surface area contributed by atoms with Gasteiger partial charge in [0.05, 0.1) is 5.69 Å². The van der Waals surface area contributed by atoms with E-state index in [1.165, 1.54) is 6.20 Å². The molecule has 0 spiro atoms. The van der Waals surface area contributed by atoms with Gasteiger partial charge in [-0.15, -0.1) is 0 Å². The average Bonchev–Trinajstić information content (AvgIpc) is 2.38. The Morgan fingerprint density at radius 1 is 1.35 bits per heavy atom. The minimum absolute atomic E-state index is 0.299. The fourth-order valence-corrected chi connectivity index (χ4v) is 2.66. The minimum atomic E-state index is -0.905. The second-order valence-electron chi connectivity index (χ2n) is 5.83. The van der Waals surface area contributed by atoms with E-state index in [2.05, 4.69) is 28.6 Å². The van der Waals surface area contributed by atoms with Crippen molar-refractivity contribution in [1.82, 2.24) is 9.88 Å². The number of rotatable bonds is 4. The Bertz CT molecular complexity index is 480. The third kappa shape index (κ3) is 3.48. The number of carboxylic acid groups (broad SMARTS) is 1. The molecule has 1 N–H and O–H groups in total. The van der Waals surface area contributed by atoms with Crippen molar-refractivity contribution in [1.29, 1.82) is 0 Å². The summed E-state index contributed by atoms with van der Waals surface area (Å²) in [6.45, 7) is 11.2. The highest BCUT2D eigenvalue weighted by atomic mass is 16.4. The van der Waals surface area contributed by atoms with Crippen molar-refractivity contribution in [2.45, 2.75) is 20.8 Å². The maximum Gasteiger partial charge on any atom is 0.339 e. The van der Waals surface area contributed by atoms with Crippen molar-refractivity contribution >= 4 is 11.7 Å². The summed E-state index contributed by atoms with van der Waals surface area (Å²) < 4.78 is 0. The number of carbonyl (C=O) groups is 1. The van der Waals surface area contributed by atoms with Gasteiger partial charge in [0, 0.05) is 44.6 Å². The number of piperazine rings is 1. The largest absolute Gasteiger partial charge is 0.478 e. The average molecular weight is 277 g/mol. The van der Waals surface area contributed by atoms with Gasteiger partial charge in [0.25, 0.3) is 0 Å². The number of pyridine rings is 1. The normalized spacial score (nSPS) is 16.7. The summed E-state index contributed by atoms with van der Waals surface area (Å²) in [6.07, 6.45) is 1.47. The van der Waals surface area contributed by atoms with Crippen LogP contribution in [0.15, 0.2) is 12.3 Å². The van der Waals surface area contributed by atoms with Crippen molar-refractivity contribution in [3.05, 3.63) is 23.5 Å². The van der Waals surface area contributed by atoms with Gasteiger partial charge in [-0.3, -0.25) is 9.88 Å². The summed E-state index contributed by atoms with van der Waals surface area (Å²) in [6, 6.07) is 1.88. The van der Waals surface area contributed by atoms with Crippen LogP contribution in [0.2, 0.25) is 0 Å². The number of hydrogen-bond donors (Lipinski definition) is 1. The van der Waals surface area contributed by atoms with Gasteiger partial charge in [0.1, 0.15) is 5.56 Å². The number of carboxylic acids is 1. The Hall–Kier alpha value is -1.62. The Balaban J connectivity index is 2.10. The van der Waals surface area contributed by atoms with E-state index in [0.717, 1.165) is 44.1 Å². The summed E-state index contributed by atoms with van der Waals surface area (Å²) >= 11 is 0. The molecule has 20 heavy (non-hydrogen) atoms.